The summed E-state index contributed by atoms with van der Waals surface area (Å²) in [6.45, 7) is 2.47. The quantitative estimate of drug-likeness (QED) is 0.562. The van der Waals surface area contributed by atoms with Crippen LogP contribution in [0.25, 0.3) is 11.4 Å². The van der Waals surface area contributed by atoms with Gasteiger partial charge in [0.15, 0.2) is 12.4 Å². The van der Waals surface area contributed by atoms with E-state index < -0.39 is 5.97 Å². The molecular formula is C14H16N8O2. The molecule has 0 atom stereocenters. The number of ether oxygens (including phenoxy) is 1. The SMILES string of the molecule is CCOC(=O)Cn1nnc(CCn2nnc(-c3ccccc3)n2)n1. The minimum absolute atomic E-state index is 0.0550. The maximum absolute atomic E-state index is 11.4. The fourth-order valence-corrected chi connectivity index (χ4v) is 2.01. The predicted molar refractivity (Wildman–Crippen MR) is 81.4 cm³/mol. The lowest BCUT2D eigenvalue weighted by atomic mass is 10.2. The van der Waals surface area contributed by atoms with Gasteiger partial charge in [-0.2, -0.15) is 9.59 Å². The maximum atomic E-state index is 11.4. The average Bonchev–Trinajstić information content (AvgIpc) is 3.23. The van der Waals surface area contributed by atoms with Crippen molar-refractivity contribution >= 4 is 5.97 Å². The van der Waals surface area contributed by atoms with E-state index in [9.17, 15) is 4.79 Å². The summed E-state index contributed by atoms with van der Waals surface area (Å²) in [6, 6.07) is 9.61. The van der Waals surface area contributed by atoms with Crippen LogP contribution in [0, 0.1) is 0 Å². The fraction of sp³-hybridized carbons (Fsp3) is 0.357. The number of esters is 1. The molecule has 0 amide bonds. The summed E-state index contributed by atoms with van der Waals surface area (Å²) in [5.41, 5.74) is 0.905. The Labute approximate surface area is 137 Å². The second-order valence-corrected chi connectivity index (χ2v) is 4.87. The van der Waals surface area contributed by atoms with Crippen LogP contribution < -0.4 is 0 Å². The third kappa shape index (κ3) is 3.97. The Morgan fingerprint density at radius 1 is 1.08 bits per heavy atom. The summed E-state index contributed by atoms with van der Waals surface area (Å²) in [5, 5.41) is 24.2. The molecule has 0 fully saturated rings. The van der Waals surface area contributed by atoms with Crippen molar-refractivity contribution in [2.45, 2.75) is 26.4 Å². The zero-order chi connectivity index (χ0) is 16.8. The van der Waals surface area contributed by atoms with E-state index in [0.29, 0.717) is 31.2 Å². The van der Waals surface area contributed by atoms with E-state index in [1.807, 2.05) is 30.3 Å². The van der Waals surface area contributed by atoms with Gasteiger partial charge in [0.1, 0.15) is 0 Å². The number of carbonyl (C=O) groups is 1. The molecule has 0 unspecified atom stereocenters. The van der Waals surface area contributed by atoms with Crippen molar-refractivity contribution in [2.24, 2.45) is 0 Å². The lowest BCUT2D eigenvalue weighted by molar-refractivity contribution is -0.144. The number of aryl methyl sites for hydroxylation is 2. The standard InChI is InChI=1S/C14H16N8O2/c1-2-24-13(23)10-22-17-12(15-19-22)8-9-21-18-14(16-20-21)11-6-4-3-5-7-11/h3-7H,2,8-10H2,1H3. The van der Waals surface area contributed by atoms with E-state index in [1.165, 1.54) is 9.59 Å². The van der Waals surface area contributed by atoms with Crippen LogP contribution in [-0.4, -0.2) is 53.0 Å². The molecule has 1 aromatic carbocycles. The molecule has 0 aliphatic rings. The topological polar surface area (TPSA) is 114 Å². The van der Waals surface area contributed by atoms with Gasteiger partial charge < -0.3 is 4.74 Å². The average molecular weight is 328 g/mol. The van der Waals surface area contributed by atoms with Gasteiger partial charge >= 0.3 is 5.97 Å². The Kier molecular flexibility index (Phi) is 4.84. The molecule has 0 radical (unpaired) electrons. The van der Waals surface area contributed by atoms with Gasteiger partial charge in [-0.15, -0.1) is 20.4 Å². The Morgan fingerprint density at radius 2 is 1.88 bits per heavy atom. The number of tetrazole rings is 2. The number of aromatic nitrogens is 8. The first kappa shape index (κ1) is 15.7. The van der Waals surface area contributed by atoms with Gasteiger partial charge in [0.05, 0.1) is 13.2 Å². The van der Waals surface area contributed by atoms with E-state index in [2.05, 4.69) is 30.8 Å². The number of hydrogen-bond acceptors (Lipinski definition) is 8. The molecule has 3 aromatic rings. The van der Waals surface area contributed by atoms with E-state index in [1.54, 1.807) is 6.92 Å². The molecule has 0 saturated heterocycles. The van der Waals surface area contributed by atoms with Gasteiger partial charge in [-0.1, -0.05) is 30.3 Å². The minimum atomic E-state index is -0.396. The van der Waals surface area contributed by atoms with Crippen molar-refractivity contribution < 1.29 is 9.53 Å². The van der Waals surface area contributed by atoms with Crippen LogP contribution in [0.15, 0.2) is 30.3 Å². The van der Waals surface area contributed by atoms with Gasteiger partial charge in [0.2, 0.25) is 5.82 Å². The Balaban J connectivity index is 1.56. The molecule has 0 spiro atoms. The molecule has 0 N–H and O–H groups in total. The smallest absolute Gasteiger partial charge is 0.329 e. The molecule has 2 heterocycles. The molecule has 10 nitrogen and oxygen atoms in total. The second-order valence-electron chi connectivity index (χ2n) is 4.87. The van der Waals surface area contributed by atoms with Crippen LogP contribution >= 0.6 is 0 Å². The van der Waals surface area contributed by atoms with Crippen LogP contribution in [0.3, 0.4) is 0 Å². The first-order valence-corrected chi connectivity index (χ1v) is 7.50. The molecule has 0 aliphatic heterocycles. The van der Waals surface area contributed by atoms with Crippen molar-refractivity contribution in [3.63, 3.8) is 0 Å². The first-order chi connectivity index (χ1) is 11.7. The zero-order valence-corrected chi connectivity index (χ0v) is 13.1. The van der Waals surface area contributed by atoms with Gasteiger partial charge in [-0.05, 0) is 17.4 Å². The Bertz CT molecular complexity index is 798. The van der Waals surface area contributed by atoms with E-state index in [-0.39, 0.29) is 6.54 Å². The minimum Gasteiger partial charge on any atom is -0.465 e. The van der Waals surface area contributed by atoms with Crippen molar-refractivity contribution in [3.8, 4) is 11.4 Å². The van der Waals surface area contributed by atoms with E-state index in [4.69, 9.17) is 4.74 Å². The van der Waals surface area contributed by atoms with Crippen LogP contribution in [0.4, 0.5) is 0 Å². The highest BCUT2D eigenvalue weighted by atomic mass is 16.5. The molecule has 24 heavy (non-hydrogen) atoms. The monoisotopic (exact) mass is 328 g/mol. The Hall–Kier alpha value is -3.17. The summed E-state index contributed by atoms with van der Waals surface area (Å²) in [7, 11) is 0. The molecule has 0 bridgehead atoms. The van der Waals surface area contributed by atoms with E-state index in [0.717, 1.165) is 5.56 Å². The number of nitrogens with zero attached hydrogens (tertiary/aromatic N) is 8. The van der Waals surface area contributed by atoms with Gasteiger partial charge in [-0.3, -0.25) is 0 Å². The third-order valence-electron chi connectivity index (χ3n) is 3.09. The molecule has 2 aromatic heterocycles. The number of rotatable bonds is 7. The van der Waals surface area contributed by atoms with E-state index >= 15 is 0 Å². The lowest BCUT2D eigenvalue weighted by Gasteiger charge is -1.98. The second kappa shape index (κ2) is 7.40. The molecule has 0 saturated carbocycles. The normalized spacial score (nSPS) is 10.7. The van der Waals surface area contributed by atoms with Crippen LogP contribution in [-0.2, 0) is 29.0 Å². The summed E-state index contributed by atoms with van der Waals surface area (Å²) in [5.74, 6) is 0.666. The number of benzene rings is 1. The maximum Gasteiger partial charge on any atom is 0.329 e. The molecule has 3 rings (SSSR count). The predicted octanol–water partition coefficient (Wildman–Crippen LogP) is 0.132. The van der Waals surface area contributed by atoms with Crippen LogP contribution in [0.1, 0.15) is 12.7 Å². The highest BCUT2D eigenvalue weighted by Crippen LogP contribution is 2.11. The molecule has 124 valence electrons. The van der Waals surface area contributed by atoms with Gasteiger partial charge in [-0.25, -0.2) is 4.79 Å². The summed E-state index contributed by atoms with van der Waals surface area (Å²) in [6.07, 6.45) is 0.480. The highest BCUT2D eigenvalue weighted by Gasteiger charge is 2.10. The van der Waals surface area contributed by atoms with Gasteiger partial charge in [0.25, 0.3) is 0 Å². The van der Waals surface area contributed by atoms with Gasteiger partial charge in [0, 0.05) is 12.0 Å². The summed E-state index contributed by atoms with van der Waals surface area (Å²) in [4.78, 5) is 14.0. The van der Waals surface area contributed by atoms with Crippen LogP contribution in [0.2, 0.25) is 0 Å². The number of carbonyl (C=O) groups excluding carboxylic acids is 1. The van der Waals surface area contributed by atoms with Crippen LogP contribution in [0.5, 0.6) is 0 Å². The third-order valence-corrected chi connectivity index (χ3v) is 3.09. The largest absolute Gasteiger partial charge is 0.465 e. The summed E-state index contributed by atoms with van der Waals surface area (Å²) >= 11 is 0. The zero-order valence-electron chi connectivity index (χ0n) is 13.1. The lowest BCUT2D eigenvalue weighted by Crippen LogP contribution is -2.15. The molecule has 0 aliphatic carbocycles. The van der Waals surface area contributed by atoms with Crippen molar-refractivity contribution in [2.75, 3.05) is 6.61 Å². The summed E-state index contributed by atoms with van der Waals surface area (Å²) < 4.78 is 4.83. The molecular weight excluding hydrogens is 312 g/mol. The first-order valence-electron chi connectivity index (χ1n) is 7.50. The fourth-order valence-electron chi connectivity index (χ4n) is 2.01. The Morgan fingerprint density at radius 3 is 2.67 bits per heavy atom. The molecule has 10 heteroatoms. The van der Waals surface area contributed by atoms with Crippen molar-refractivity contribution in [1.82, 2.24) is 40.4 Å². The highest BCUT2D eigenvalue weighted by molar-refractivity contribution is 5.68. The van der Waals surface area contributed by atoms with Crippen molar-refractivity contribution in [1.29, 1.82) is 0 Å². The number of hydrogen-bond donors (Lipinski definition) is 0. The van der Waals surface area contributed by atoms with Crippen molar-refractivity contribution in [3.05, 3.63) is 36.2 Å².